The van der Waals surface area contributed by atoms with Crippen molar-refractivity contribution in [2.75, 3.05) is 0 Å². The van der Waals surface area contributed by atoms with Crippen LogP contribution >= 0.6 is 0 Å². The topological polar surface area (TPSA) is 26.0 Å². The Morgan fingerprint density at radius 3 is 2.70 bits per heavy atom. The lowest BCUT2D eigenvalue weighted by Crippen LogP contribution is -1.95. The highest BCUT2D eigenvalue weighted by atomic mass is 14.6. The molecule has 0 aliphatic heterocycles. The van der Waals surface area contributed by atoms with Crippen LogP contribution in [0.25, 0.3) is 0 Å². The van der Waals surface area contributed by atoms with Crippen molar-refractivity contribution in [1.29, 1.82) is 0 Å². The average molecular weight is 139 g/mol. The molecule has 0 saturated carbocycles. The van der Waals surface area contributed by atoms with E-state index in [1.807, 2.05) is 6.08 Å². The maximum absolute atomic E-state index is 5.61. The van der Waals surface area contributed by atoms with Gasteiger partial charge in [0.05, 0.1) is 0 Å². The second kappa shape index (κ2) is 6.40. The van der Waals surface area contributed by atoms with Crippen LogP contribution in [0.15, 0.2) is 24.4 Å². The molecule has 0 heterocycles. The molecule has 0 rings (SSSR count). The van der Waals surface area contributed by atoms with Gasteiger partial charge in [-0.1, -0.05) is 32.4 Å². The Hall–Kier alpha value is -0.720. The molecular formula is C9H17N. The molecule has 1 nitrogen and oxygen atoms in total. The van der Waals surface area contributed by atoms with E-state index in [9.17, 15) is 0 Å². The fraction of sp³-hybridized carbons (Fsp3) is 0.556. The molecular weight excluding hydrogens is 122 g/mol. The summed E-state index contributed by atoms with van der Waals surface area (Å²) < 4.78 is 0. The molecule has 0 aromatic heterocycles. The van der Waals surface area contributed by atoms with Gasteiger partial charge in [0.1, 0.15) is 0 Å². The second-order valence-electron chi connectivity index (χ2n) is 2.43. The molecule has 0 aliphatic rings. The number of hydrogen-bond donors (Lipinski definition) is 1. The van der Waals surface area contributed by atoms with Crippen LogP contribution in [0.1, 0.15) is 32.6 Å². The largest absolute Gasteiger partial charge is 0.402 e. The smallest absolute Gasteiger partial charge is 0.00802 e. The lowest BCUT2D eigenvalue weighted by atomic mass is 10.1. The maximum atomic E-state index is 5.61. The van der Waals surface area contributed by atoms with Crippen LogP contribution in [0.3, 0.4) is 0 Å². The summed E-state index contributed by atoms with van der Waals surface area (Å²) in [4.78, 5) is 0. The predicted octanol–water partition coefficient (Wildman–Crippen LogP) is 2.60. The molecule has 58 valence electrons. The van der Waals surface area contributed by atoms with E-state index in [0.717, 1.165) is 12.1 Å². The van der Waals surface area contributed by atoms with E-state index in [1.54, 1.807) is 6.08 Å². The molecule has 0 radical (unpaired) electrons. The van der Waals surface area contributed by atoms with Crippen LogP contribution in [-0.4, -0.2) is 0 Å². The lowest BCUT2D eigenvalue weighted by Gasteiger charge is -1.97. The Morgan fingerprint density at radius 2 is 2.20 bits per heavy atom. The van der Waals surface area contributed by atoms with Crippen molar-refractivity contribution in [2.45, 2.75) is 32.6 Å². The minimum atomic E-state index is 0.948. The van der Waals surface area contributed by atoms with Crippen LogP contribution in [0.5, 0.6) is 0 Å². The molecule has 0 aromatic rings. The van der Waals surface area contributed by atoms with Gasteiger partial charge < -0.3 is 5.73 Å². The summed E-state index contributed by atoms with van der Waals surface area (Å²) in [5.41, 5.74) is 6.56. The molecule has 2 N–H and O–H groups in total. The first-order valence-corrected chi connectivity index (χ1v) is 3.88. The monoisotopic (exact) mass is 139 g/mol. The quantitative estimate of drug-likeness (QED) is 0.460. The van der Waals surface area contributed by atoms with E-state index < -0.39 is 0 Å². The Morgan fingerprint density at radius 1 is 1.50 bits per heavy atom. The van der Waals surface area contributed by atoms with E-state index in [2.05, 4.69) is 13.5 Å². The van der Waals surface area contributed by atoms with Crippen molar-refractivity contribution >= 4 is 0 Å². The summed E-state index contributed by atoms with van der Waals surface area (Å²) in [6.07, 6.45) is 8.34. The van der Waals surface area contributed by atoms with Gasteiger partial charge in [0, 0.05) is 5.70 Å². The van der Waals surface area contributed by atoms with E-state index in [0.29, 0.717) is 0 Å². The summed E-state index contributed by atoms with van der Waals surface area (Å²) in [6, 6.07) is 0. The SMILES string of the molecule is C=C/C=C(\N)CCCCC. The third-order valence-corrected chi connectivity index (χ3v) is 1.40. The van der Waals surface area contributed by atoms with Gasteiger partial charge >= 0.3 is 0 Å². The molecule has 10 heavy (non-hydrogen) atoms. The highest BCUT2D eigenvalue weighted by Gasteiger charge is 1.87. The minimum absolute atomic E-state index is 0.948. The van der Waals surface area contributed by atoms with E-state index in [4.69, 9.17) is 5.73 Å². The molecule has 0 bridgehead atoms. The number of rotatable bonds is 5. The maximum Gasteiger partial charge on any atom is 0.00802 e. The van der Waals surface area contributed by atoms with Gasteiger partial charge in [-0.2, -0.15) is 0 Å². The fourth-order valence-electron chi connectivity index (χ4n) is 0.814. The summed E-state index contributed by atoms with van der Waals surface area (Å²) >= 11 is 0. The van der Waals surface area contributed by atoms with Gasteiger partial charge in [-0.15, -0.1) is 0 Å². The molecule has 0 spiro atoms. The van der Waals surface area contributed by atoms with Crippen molar-refractivity contribution in [1.82, 2.24) is 0 Å². The first kappa shape index (κ1) is 9.28. The van der Waals surface area contributed by atoms with Gasteiger partial charge in [0.15, 0.2) is 0 Å². The number of hydrogen-bond acceptors (Lipinski definition) is 1. The zero-order valence-electron chi connectivity index (χ0n) is 6.77. The summed E-state index contributed by atoms with van der Waals surface area (Å²) in [5.74, 6) is 0. The first-order chi connectivity index (χ1) is 4.81. The summed E-state index contributed by atoms with van der Waals surface area (Å²) in [6.45, 7) is 5.76. The molecule has 0 unspecified atom stereocenters. The van der Waals surface area contributed by atoms with Crippen LogP contribution in [0.2, 0.25) is 0 Å². The number of unbranched alkanes of at least 4 members (excludes halogenated alkanes) is 2. The standard InChI is InChI=1S/C9H17N/c1-3-5-6-8-9(10)7-4-2/h4,7H,2-3,5-6,8,10H2,1H3/b9-7-. The third kappa shape index (κ3) is 5.42. The van der Waals surface area contributed by atoms with Crippen LogP contribution in [0.4, 0.5) is 0 Å². The highest BCUT2D eigenvalue weighted by Crippen LogP contribution is 2.03. The fourth-order valence-corrected chi connectivity index (χ4v) is 0.814. The van der Waals surface area contributed by atoms with Crippen molar-refractivity contribution in [3.05, 3.63) is 24.4 Å². The Labute approximate surface area is 63.6 Å². The van der Waals surface area contributed by atoms with Gasteiger partial charge in [-0.05, 0) is 18.9 Å². The molecule has 0 saturated heterocycles. The zero-order chi connectivity index (χ0) is 7.82. The summed E-state index contributed by atoms with van der Waals surface area (Å²) in [7, 11) is 0. The highest BCUT2D eigenvalue weighted by molar-refractivity contribution is 5.06. The molecule has 0 fully saturated rings. The number of allylic oxidation sites excluding steroid dienone is 3. The van der Waals surface area contributed by atoms with Crippen molar-refractivity contribution in [3.8, 4) is 0 Å². The zero-order valence-corrected chi connectivity index (χ0v) is 6.77. The molecule has 0 amide bonds. The molecule has 0 aromatic carbocycles. The van der Waals surface area contributed by atoms with Crippen molar-refractivity contribution in [3.63, 3.8) is 0 Å². The molecule has 0 aliphatic carbocycles. The number of nitrogens with two attached hydrogens (primary N) is 1. The first-order valence-electron chi connectivity index (χ1n) is 3.88. The average Bonchev–Trinajstić information content (AvgIpc) is 1.89. The van der Waals surface area contributed by atoms with Crippen LogP contribution < -0.4 is 5.73 Å². The molecule has 0 atom stereocenters. The van der Waals surface area contributed by atoms with Gasteiger partial charge in [-0.3, -0.25) is 0 Å². The van der Waals surface area contributed by atoms with Crippen molar-refractivity contribution in [2.24, 2.45) is 5.73 Å². The van der Waals surface area contributed by atoms with E-state index in [-0.39, 0.29) is 0 Å². The normalized spacial score (nSPS) is 11.5. The molecule has 1 heteroatoms. The van der Waals surface area contributed by atoms with Crippen LogP contribution in [0, 0.1) is 0 Å². The van der Waals surface area contributed by atoms with Crippen molar-refractivity contribution < 1.29 is 0 Å². The van der Waals surface area contributed by atoms with Gasteiger partial charge in [0.25, 0.3) is 0 Å². The Bertz CT molecular complexity index is 114. The Balaban J connectivity index is 3.29. The minimum Gasteiger partial charge on any atom is -0.402 e. The van der Waals surface area contributed by atoms with E-state index in [1.165, 1.54) is 19.3 Å². The van der Waals surface area contributed by atoms with E-state index >= 15 is 0 Å². The van der Waals surface area contributed by atoms with Gasteiger partial charge in [-0.25, -0.2) is 0 Å². The Kier molecular flexibility index (Phi) is 5.94. The summed E-state index contributed by atoms with van der Waals surface area (Å²) in [5, 5.41) is 0. The predicted molar refractivity (Wildman–Crippen MR) is 46.6 cm³/mol. The lowest BCUT2D eigenvalue weighted by molar-refractivity contribution is 0.710. The van der Waals surface area contributed by atoms with Gasteiger partial charge in [0.2, 0.25) is 0 Å². The third-order valence-electron chi connectivity index (χ3n) is 1.40. The second-order valence-corrected chi connectivity index (χ2v) is 2.43. The van der Waals surface area contributed by atoms with Crippen LogP contribution in [-0.2, 0) is 0 Å².